The lowest BCUT2D eigenvalue weighted by Crippen LogP contribution is -2.29. The second kappa shape index (κ2) is 7.97. The highest BCUT2D eigenvalue weighted by atomic mass is 16.5. The van der Waals surface area contributed by atoms with Crippen LogP contribution in [-0.4, -0.2) is 19.0 Å². The van der Waals surface area contributed by atoms with E-state index >= 15 is 0 Å². The van der Waals surface area contributed by atoms with E-state index in [1.54, 1.807) is 0 Å². The summed E-state index contributed by atoms with van der Waals surface area (Å²) in [4.78, 5) is 12.1. The minimum Gasteiger partial charge on any atom is -0.487 e. The summed E-state index contributed by atoms with van der Waals surface area (Å²) in [5.41, 5.74) is 2.92. The molecule has 0 bridgehead atoms. The Kier molecular flexibility index (Phi) is 5.49. The predicted octanol–water partition coefficient (Wildman–Crippen LogP) is 3.51. The SMILES string of the molecule is Cc1ccc(NC(=O)CNCC2CC2)c(OCc2ccccc2)c1. The Labute approximate surface area is 143 Å². The summed E-state index contributed by atoms with van der Waals surface area (Å²) in [6.07, 6.45) is 2.56. The Balaban J connectivity index is 1.58. The predicted molar refractivity (Wildman–Crippen MR) is 96.2 cm³/mol. The fraction of sp³-hybridized carbons (Fsp3) is 0.350. The van der Waals surface area contributed by atoms with Gasteiger partial charge in [0.2, 0.25) is 5.91 Å². The van der Waals surface area contributed by atoms with E-state index in [0.717, 1.165) is 29.3 Å². The number of hydrogen-bond donors (Lipinski definition) is 2. The van der Waals surface area contributed by atoms with Gasteiger partial charge in [0.15, 0.2) is 0 Å². The van der Waals surface area contributed by atoms with Gasteiger partial charge in [-0.2, -0.15) is 0 Å². The van der Waals surface area contributed by atoms with Crippen molar-refractivity contribution >= 4 is 11.6 Å². The van der Waals surface area contributed by atoms with E-state index in [4.69, 9.17) is 4.74 Å². The van der Waals surface area contributed by atoms with Crippen molar-refractivity contribution in [2.75, 3.05) is 18.4 Å². The fourth-order valence-corrected chi connectivity index (χ4v) is 2.49. The molecule has 1 saturated carbocycles. The van der Waals surface area contributed by atoms with Gasteiger partial charge in [-0.25, -0.2) is 0 Å². The average Bonchev–Trinajstić information content (AvgIpc) is 3.40. The van der Waals surface area contributed by atoms with Gasteiger partial charge in [-0.1, -0.05) is 36.4 Å². The summed E-state index contributed by atoms with van der Waals surface area (Å²) in [5, 5.41) is 6.14. The van der Waals surface area contributed by atoms with Gasteiger partial charge in [0.05, 0.1) is 12.2 Å². The molecule has 24 heavy (non-hydrogen) atoms. The molecule has 2 aromatic carbocycles. The van der Waals surface area contributed by atoms with E-state index < -0.39 is 0 Å². The van der Waals surface area contributed by atoms with Crippen LogP contribution in [0.25, 0.3) is 0 Å². The molecule has 126 valence electrons. The van der Waals surface area contributed by atoms with E-state index in [9.17, 15) is 4.79 Å². The number of rotatable bonds is 8. The topological polar surface area (TPSA) is 50.4 Å². The number of nitrogens with one attached hydrogen (secondary N) is 2. The highest BCUT2D eigenvalue weighted by molar-refractivity contribution is 5.93. The Morgan fingerprint density at radius 3 is 2.71 bits per heavy atom. The molecule has 0 unspecified atom stereocenters. The minimum absolute atomic E-state index is 0.0379. The second-order valence-electron chi connectivity index (χ2n) is 6.40. The van der Waals surface area contributed by atoms with Gasteiger partial charge in [0.1, 0.15) is 12.4 Å². The van der Waals surface area contributed by atoms with Crippen LogP contribution < -0.4 is 15.4 Å². The summed E-state index contributed by atoms with van der Waals surface area (Å²) >= 11 is 0. The molecule has 0 spiro atoms. The summed E-state index contributed by atoms with van der Waals surface area (Å²) in [6, 6.07) is 15.8. The Morgan fingerprint density at radius 1 is 1.17 bits per heavy atom. The van der Waals surface area contributed by atoms with Gasteiger partial charge in [-0.15, -0.1) is 0 Å². The number of hydrogen-bond acceptors (Lipinski definition) is 3. The molecule has 2 N–H and O–H groups in total. The van der Waals surface area contributed by atoms with E-state index in [2.05, 4.69) is 10.6 Å². The standard InChI is InChI=1S/C20H24N2O2/c1-15-7-10-18(22-20(23)13-21-12-16-8-9-16)19(11-15)24-14-17-5-3-2-4-6-17/h2-7,10-11,16,21H,8-9,12-14H2,1H3,(H,22,23). The van der Waals surface area contributed by atoms with Crippen LogP contribution in [0.4, 0.5) is 5.69 Å². The molecule has 0 atom stereocenters. The minimum atomic E-state index is -0.0379. The summed E-state index contributed by atoms with van der Waals surface area (Å²) in [5.74, 6) is 1.43. The molecule has 1 aliphatic rings. The molecule has 2 aromatic rings. The Hall–Kier alpha value is -2.33. The molecule has 0 aliphatic heterocycles. The van der Waals surface area contributed by atoms with E-state index in [1.807, 2.05) is 55.5 Å². The van der Waals surface area contributed by atoms with Crippen molar-refractivity contribution in [2.24, 2.45) is 5.92 Å². The molecule has 0 radical (unpaired) electrons. The number of carbonyl (C=O) groups is 1. The number of anilines is 1. The first kappa shape index (κ1) is 16.5. The number of aryl methyl sites for hydroxylation is 1. The van der Waals surface area contributed by atoms with E-state index in [-0.39, 0.29) is 5.91 Å². The molecule has 0 heterocycles. The first-order chi connectivity index (χ1) is 11.7. The highest BCUT2D eigenvalue weighted by Gasteiger charge is 2.20. The van der Waals surface area contributed by atoms with Gasteiger partial charge in [-0.3, -0.25) is 4.79 Å². The maximum absolute atomic E-state index is 12.1. The van der Waals surface area contributed by atoms with Gasteiger partial charge in [0, 0.05) is 0 Å². The molecule has 0 saturated heterocycles. The van der Waals surface area contributed by atoms with Gasteiger partial charge >= 0.3 is 0 Å². The number of benzene rings is 2. The zero-order chi connectivity index (χ0) is 16.8. The Morgan fingerprint density at radius 2 is 1.96 bits per heavy atom. The largest absolute Gasteiger partial charge is 0.487 e. The molecular weight excluding hydrogens is 300 g/mol. The normalized spacial score (nSPS) is 13.5. The van der Waals surface area contributed by atoms with Gasteiger partial charge < -0.3 is 15.4 Å². The number of amides is 1. The maximum Gasteiger partial charge on any atom is 0.238 e. The molecule has 1 amide bonds. The van der Waals surface area contributed by atoms with E-state index in [0.29, 0.717) is 18.9 Å². The monoisotopic (exact) mass is 324 g/mol. The van der Waals surface area contributed by atoms with Crippen LogP contribution in [0, 0.1) is 12.8 Å². The summed E-state index contributed by atoms with van der Waals surface area (Å²) in [7, 11) is 0. The number of carbonyl (C=O) groups excluding carboxylic acids is 1. The van der Waals surface area contributed by atoms with Gasteiger partial charge in [-0.05, 0) is 55.5 Å². The van der Waals surface area contributed by atoms with Crippen LogP contribution in [0.2, 0.25) is 0 Å². The van der Waals surface area contributed by atoms with E-state index in [1.165, 1.54) is 12.8 Å². The average molecular weight is 324 g/mol. The van der Waals surface area contributed by atoms with Crippen molar-refractivity contribution < 1.29 is 9.53 Å². The lowest BCUT2D eigenvalue weighted by molar-refractivity contribution is -0.115. The van der Waals surface area contributed by atoms with Crippen LogP contribution in [0.5, 0.6) is 5.75 Å². The smallest absolute Gasteiger partial charge is 0.238 e. The maximum atomic E-state index is 12.1. The Bertz CT molecular complexity index is 681. The third-order valence-corrected chi connectivity index (χ3v) is 4.06. The van der Waals surface area contributed by atoms with Gasteiger partial charge in [0.25, 0.3) is 0 Å². The third kappa shape index (κ3) is 5.10. The second-order valence-corrected chi connectivity index (χ2v) is 6.40. The van der Waals surface area contributed by atoms with Crippen molar-refractivity contribution in [3.8, 4) is 5.75 Å². The first-order valence-corrected chi connectivity index (χ1v) is 8.48. The van der Waals surface area contributed by atoms with Crippen molar-refractivity contribution in [2.45, 2.75) is 26.4 Å². The molecule has 1 fully saturated rings. The molecular formula is C20H24N2O2. The van der Waals surface area contributed by atoms with Crippen LogP contribution >= 0.6 is 0 Å². The van der Waals surface area contributed by atoms with Crippen LogP contribution in [0.1, 0.15) is 24.0 Å². The lowest BCUT2D eigenvalue weighted by atomic mass is 10.2. The molecule has 4 heteroatoms. The molecule has 1 aliphatic carbocycles. The lowest BCUT2D eigenvalue weighted by Gasteiger charge is -2.14. The summed E-state index contributed by atoms with van der Waals surface area (Å²) in [6.45, 7) is 3.76. The molecule has 3 rings (SSSR count). The molecule has 4 nitrogen and oxygen atoms in total. The van der Waals surface area contributed by atoms with Crippen molar-refractivity contribution in [1.82, 2.24) is 5.32 Å². The quantitative estimate of drug-likeness (QED) is 0.781. The summed E-state index contributed by atoms with van der Waals surface area (Å²) < 4.78 is 5.92. The van der Waals surface area contributed by atoms with Crippen LogP contribution in [-0.2, 0) is 11.4 Å². The first-order valence-electron chi connectivity index (χ1n) is 8.48. The zero-order valence-corrected chi connectivity index (χ0v) is 14.0. The van der Waals surface area contributed by atoms with Crippen molar-refractivity contribution in [1.29, 1.82) is 0 Å². The highest BCUT2D eigenvalue weighted by Crippen LogP contribution is 2.28. The molecule has 0 aromatic heterocycles. The van der Waals surface area contributed by atoms with Crippen LogP contribution in [0.3, 0.4) is 0 Å². The van der Waals surface area contributed by atoms with Crippen molar-refractivity contribution in [3.63, 3.8) is 0 Å². The third-order valence-electron chi connectivity index (χ3n) is 4.06. The van der Waals surface area contributed by atoms with Crippen LogP contribution in [0.15, 0.2) is 48.5 Å². The number of ether oxygens (including phenoxy) is 1. The zero-order valence-electron chi connectivity index (χ0n) is 14.0. The van der Waals surface area contributed by atoms with Crippen molar-refractivity contribution in [3.05, 3.63) is 59.7 Å². The fourth-order valence-electron chi connectivity index (χ4n) is 2.49.